The standard InChI is InChI=1S/C15H15N3O3S/c1-22-7-6-10(15(19)20)18-14-13-12(16-8-17-14)9-4-2-3-5-11(9)21-13/h2-5,8,10H,6-7H2,1H3,(H,19,20)(H,16,17,18)/t10-/m0/s1. The second-order valence-electron chi connectivity index (χ2n) is 4.81. The average molecular weight is 317 g/mol. The molecule has 2 aromatic heterocycles. The highest BCUT2D eigenvalue weighted by Gasteiger charge is 2.20. The summed E-state index contributed by atoms with van der Waals surface area (Å²) < 4.78 is 5.78. The molecule has 22 heavy (non-hydrogen) atoms. The number of nitrogens with one attached hydrogen (secondary N) is 1. The van der Waals surface area contributed by atoms with Crippen molar-refractivity contribution < 1.29 is 14.3 Å². The Balaban J connectivity index is 2.01. The number of nitrogens with zero attached hydrogens (tertiary/aromatic N) is 2. The number of aromatic nitrogens is 2. The minimum absolute atomic E-state index is 0.412. The van der Waals surface area contributed by atoms with Gasteiger partial charge in [-0.25, -0.2) is 14.8 Å². The SMILES string of the molecule is CSCC[C@H](Nc1ncnc2c1oc1ccccc12)C(=O)O. The van der Waals surface area contributed by atoms with Gasteiger partial charge >= 0.3 is 5.97 Å². The summed E-state index contributed by atoms with van der Waals surface area (Å²) in [7, 11) is 0. The van der Waals surface area contributed by atoms with E-state index in [1.807, 2.05) is 30.5 Å². The zero-order valence-electron chi connectivity index (χ0n) is 11.9. The molecular formula is C15H15N3O3S. The molecule has 0 aliphatic rings. The Morgan fingerprint density at radius 3 is 3.00 bits per heavy atom. The molecule has 2 heterocycles. The van der Waals surface area contributed by atoms with Gasteiger partial charge in [-0.05, 0) is 30.6 Å². The molecule has 7 heteroatoms. The van der Waals surface area contributed by atoms with Crippen LogP contribution < -0.4 is 5.32 Å². The summed E-state index contributed by atoms with van der Waals surface area (Å²) in [6, 6.07) is 6.84. The van der Waals surface area contributed by atoms with Crippen molar-refractivity contribution in [3.63, 3.8) is 0 Å². The third kappa shape index (κ3) is 2.71. The number of carboxylic acid groups (broad SMARTS) is 1. The fourth-order valence-electron chi connectivity index (χ4n) is 2.28. The lowest BCUT2D eigenvalue weighted by Gasteiger charge is -2.14. The van der Waals surface area contributed by atoms with E-state index in [1.165, 1.54) is 6.33 Å². The number of carbonyl (C=O) groups is 1. The number of hydrogen-bond donors (Lipinski definition) is 2. The predicted molar refractivity (Wildman–Crippen MR) is 87.4 cm³/mol. The van der Waals surface area contributed by atoms with E-state index < -0.39 is 12.0 Å². The number of benzene rings is 1. The fourth-order valence-corrected chi connectivity index (χ4v) is 2.76. The van der Waals surface area contributed by atoms with E-state index in [4.69, 9.17) is 4.42 Å². The highest BCUT2D eigenvalue weighted by atomic mass is 32.2. The Morgan fingerprint density at radius 1 is 1.41 bits per heavy atom. The zero-order valence-corrected chi connectivity index (χ0v) is 12.8. The Morgan fingerprint density at radius 2 is 2.23 bits per heavy atom. The smallest absolute Gasteiger partial charge is 0.326 e. The van der Waals surface area contributed by atoms with Crippen LogP contribution in [0.1, 0.15) is 6.42 Å². The zero-order chi connectivity index (χ0) is 15.5. The molecule has 114 valence electrons. The van der Waals surface area contributed by atoms with Crippen LogP contribution in [0, 0.1) is 0 Å². The topological polar surface area (TPSA) is 88.3 Å². The lowest BCUT2D eigenvalue weighted by Crippen LogP contribution is -2.30. The molecule has 0 unspecified atom stereocenters. The molecule has 0 saturated heterocycles. The molecule has 1 aromatic carbocycles. The van der Waals surface area contributed by atoms with Gasteiger partial charge in [0.2, 0.25) is 0 Å². The fraction of sp³-hybridized carbons (Fsp3) is 0.267. The molecule has 0 radical (unpaired) electrons. The number of anilines is 1. The largest absolute Gasteiger partial charge is 0.480 e. The van der Waals surface area contributed by atoms with Crippen LogP contribution in [0.4, 0.5) is 5.82 Å². The number of hydrogen-bond acceptors (Lipinski definition) is 6. The van der Waals surface area contributed by atoms with Crippen molar-refractivity contribution in [2.75, 3.05) is 17.3 Å². The van der Waals surface area contributed by atoms with Crippen LogP contribution in [-0.4, -0.2) is 39.1 Å². The molecule has 0 aliphatic carbocycles. The summed E-state index contributed by atoms with van der Waals surface area (Å²) in [6.07, 6.45) is 3.86. The van der Waals surface area contributed by atoms with Gasteiger partial charge < -0.3 is 14.8 Å². The van der Waals surface area contributed by atoms with Crippen molar-refractivity contribution in [2.45, 2.75) is 12.5 Å². The third-order valence-corrected chi connectivity index (χ3v) is 4.02. The number of thioether (sulfide) groups is 1. The number of rotatable bonds is 6. The van der Waals surface area contributed by atoms with E-state index in [0.717, 1.165) is 11.1 Å². The van der Waals surface area contributed by atoms with Crippen molar-refractivity contribution in [3.8, 4) is 0 Å². The van der Waals surface area contributed by atoms with Crippen LogP contribution >= 0.6 is 11.8 Å². The van der Waals surface area contributed by atoms with Crippen LogP contribution in [0.5, 0.6) is 0 Å². The maximum absolute atomic E-state index is 11.4. The number of para-hydroxylation sites is 1. The second-order valence-corrected chi connectivity index (χ2v) is 5.80. The van der Waals surface area contributed by atoms with E-state index in [0.29, 0.717) is 28.9 Å². The summed E-state index contributed by atoms with van der Waals surface area (Å²) in [6.45, 7) is 0. The Kier molecular flexibility index (Phi) is 4.15. The lowest BCUT2D eigenvalue weighted by atomic mass is 10.2. The first-order valence-electron chi connectivity index (χ1n) is 6.81. The summed E-state index contributed by atoms with van der Waals surface area (Å²) in [4.78, 5) is 19.8. The van der Waals surface area contributed by atoms with Gasteiger partial charge in [-0.3, -0.25) is 0 Å². The number of aliphatic carboxylic acids is 1. The predicted octanol–water partition coefficient (Wildman–Crippen LogP) is 2.99. The highest BCUT2D eigenvalue weighted by molar-refractivity contribution is 7.98. The molecule has 0 aliphatic heterocycles. The Labute approximate surface area is 130 Å². The Bertz CT molecular complexity index is 818. The second kappa shape index (κ2) is 6.23. The van der Waals surface area contributed by atoms with E-state index in [9.17, 15) is 9.90 Å². The van der Waals surface area contributed by atoms with Crippen LogP contribution in [0.2, 0.25) is 0 Å². The van der Waals surface area contributed by atoms with E-state index in [1.54, 1.807) is 11.8 Å². The average Bonchev–Trinajstić information content (AvgIpc) is 2.90. The lowest BCUT2D eigenvalue weighted by molar-refractivity contribution is -0.137. The molecular weight excluding hydrogens is 302 g/mol. The summed E-state index contributed by atoms with van der Waals surface area (Å²) in [5.41, 5.74) is 1.87. The number of fused-ring (bicyclic) bond motifs is 3. The first-order valence-corrected chi connectivity index (χ1v) is 8.20. The van der Waals surface area contributed by atoms with Crippen LogP contribution in [0.15, 0.2) is 35.0 Å². The molecule has 1 atom stereocenters. The van der Waals surface area contributed by atoms with E-state index in [-0.39, 0.29) is 0 Å². The Hall–Kier alpha value is -2.28. The number of carboxylic acids is 1. The molecule has 2 N–H and O–H groups in total. The van der Waals surface area contributed by atoms with Crippen molar-refractivity contribution in [1.82, 2.24) is 9.97 Å². The minimum atomic E-state index is -0.906. The van der Waals surface area contributed by atoms with Gasteiger partial charge in [-0.1, -0.05) is 12.1 Å². The molecule has 0 fully saturated rings. The summed E-state index contributed by atoms with van der Waals surface area (Å²) in [5.74, 6) is 0.254. The molecule has 0 bridgehead atoms. The van der Waals surface area contributed by atoms with Gasteiger partial charge in [0.05, 0.1) is 0 Å². The van der Waals surface area contributed by atoms with Gasteiger partial charge in [-0.15, -0.1) is 0 Å². The van der Waals surface area contributed by atoms with Crippen molar-refractivity contribution in [2.24, 2.45) is 0 Å². The minimum Gasteiger partial charge on any atom is -0.480 e. The molecule has 0 amide bonds. The first-order chi connectivity index (χ1) is 10.7. The van der Waals surface area contributed by atoms with Crippen LogP contribution in [0.3, 0.4) is 0 Å². The molecule has 6 nitrogen and oxygen atoms in total. The van der Waals surface area contributed by atoms with Crippen LogP contribution in [0.25, 0.3) is 22.1 Å². The molecule has 3 rings (SSSR count). The van der Waals surface area contributed by atoms with Gasteiger partial charge in [-0.2, -0.15) is 11.8 Å². The van der Waals surface area contributed by atoms with Gasteiger partial charge in [0.1, 0.15) is 23.5 Å². The van der Waals surface area contributed by atoms with Crippen molar-refractivity contribution in [3.05, 3.63) is 30.6 Å². The van der Waals surface area contributed by atoms with Gasteiger partial charge in [0.25, 0.3) is 0 Å². The van der Waals surface area contributed by atoms with Crippen molar-refractivity contribution >= 4 is 45.6 Å². The highest BCUT2D eigenvalue weighted by Crippen LogP contribution is 2.30. The maximum atomic E-state index is 11.4. The third-order valence-electron chi connectivity index (χ3n) is 3.38. The first kappa shape index (κ1) is 14.6. The van der Waals surface area contributed by atoms with E-state index in [2.05, 4.69) is 15.3 Å². The summed E-state index contributed by atoms with van der Waals surface area (Å²) in [5, 5.41) is 13.2. The van der Waals surface area contributed by atoms with Gasteiger partial charge in [0.15, 0.2) is 11.4 Å². The number of furan rings is 1. The molecule has 0 saturated carbocycles. The monoisotopic (exact) mass is 317 g/mol. The quantitative estimate of drug-likeness (QED) is 0.722. The molecule has 3 aromatic rings. The van der Waals surface area contributed by atoms with Crippen LogP contribution in [-0.2, 0) is 4.79 Å². The van der Waals surface area contributed by atoms with E-state index >= 15 is 0 Å². The molecule has 0 spiro atoms. The maximum Gasteiger partial charge on any atom is 0.326 e. The summed E-state index contributed by atoms with van der Waals surface area (Å²) >= 11 is 1.61. The van der Waals surface area contributed by atoms with Gasteiger partial charge in [0, 0.05) is 5.39 Å². The van der Waals surface area contributed by atoms with Crippen molar-refractivity contribution in [1.29, 1.82) is 0 Å². The normalized spacial score (nSPS) is 12.6.